The fourth-order valence-corrected chi connectivity index (χ4v) is 2.14. The van der Waals surface area contributed by atoms with Crippen molar-refractivity contribution in [2.45, 2.75) is 44.3 Å². The van der Waals surface area contributed by atoms with Gasteiger partial charge in [-0.05, 0) is 32.4 Å². The number of ether oxygens (including phenoxy) is 2. The van der Waals surface area contributed by atoms with Crippen molar-refractivity contribution in [1.29, 1.82) is 0 Å². The Balaban J connectivity index is 2.86. The number of amides is 1. The topological polar surface area (TPSA) is 73.9 Å². The summed E-state index contributed by atoms with van der Waals surface area (Å²) in [6.45, 7) is 4.87. The summed E-state index contributed by atoms with van der Waals surface area (Å²) in [5.41, 5.74) is -5.49. The number of esters is 1. The van der Waals surface area contributed by atoms with Gasteiger partial charge < -0.3 is 19.0 Å². The van der Waals surface area contributed by atoms with Crippen LogP contribution in [0.2, 0.25) is 0 Å². The predicted octanol–water partition coefficient (Wildman–Crippen LogP) is 3.98. The highest BCUT2D eigenvalue weighted by Crippen LogP contribution is 2.33. The van der Waals surface area contributed by atoms with Gasteiger partial charge in [0.2, 0.25) is 0 Å². The van der Waals surface area contributed by atoms with Crippen LogP contribution in [0, 0.1) is 5.82 Å². The van der Waals surface area contributed by atoms with Gasteiger partial charge in [0.25, 0.3) is 0 Å². The van der Waals surface area contributed by atoms with Gasteiger partial charge in [-0.3, -0.25) is 0 Å². The molecule has 0 radical (unpaired) electrons. The largest absolute Gasteiger partial charge is 0.479 e. The standard InChI is InChI=1S/C16H19F4NO5S/c1-15(2,3)25-14(23)21-12(13(22)24-4)7-9-5-6-10(8-11(9)17)26-27-16(18,19)20/h5-6,8,12H,7H2,1-4H3,(H,21,23). The van der Waals surface area contributed by atoms with Crippen molar-refractivity contribution in [3.05, 3.63) is 29.6 Å². The van der Waals surface area contributed by atoms with Gasteiger partial charge in [-0.25, -0.2) is 14.0 Å². The quantitative estimate of drug-likeness (QED) is 0.432. The van der Waals surface area contributed by atoms with E-state index in [4.69, 9.17) is 4.74 Å². The van der Waals surface area contributed by atoms with Crippen LogP contribution >= 0.6 is 12.0 Å². The average Bonchev–Trinajstić information content (AvgIpc) is 2.51. The zero-order valence-corrected chi connectivity index (χ0v) is 15.8. The van der Waals surface area contributed by atoms with Crippen molar-refractivity contribution in [2.75, 3.05) is 7.11 Å². The molecular formula is C16H19F4NO5S. The van der Waals surface area contributed by atoms with E-state index >= 15 is 0 Å². The molecule has 1 aromatic carbocycles. The van der Waals surface area contributed by atoms with Gasteiger partial charge in [0.05, 0.1) is 7.11 Å². The zero-order chi connectivity index (χ0) is 20.8. The number of hydrogen-bond donors (Lipinski definition) is 1. The second kappa shape index (κ2) is 9.16. The van der Waals surface area contributed by atoms with E-state index in [1.807, 2.05) is 0 Å². The van der Waals surface area contributed by atoms with Crippen molar-refractivity contribution in [2.24, 2.45) is 0 Å². The number of hydrogen-bond acceptors (Lipinski definition) is 6. The molecule has 0 spiro atoms. The molecule has 0 fully saturated rings. The third kappa shape index (κ3) is 8.85. The number of carbonyl (C=O) groups is 2. The summed E-state index contributed by atoms with van der Waals surface area (Å²) in [6.07, 6.45) is -1.20. The van der Waals surface area contributed by atoms with Crippen molar-refractivity contribution in [1.82, 2.24) is 5.32 Å². The number of benzene rings is 1. The van der Waals surface area contributed by atoms with E-state index in [1.165, 1.54) is 0 Å². The van der Waals surface area contributed by atoms with Gasteiger partial charge in [0, 0.05) is 12.5 Å². The molecule has 1 rings (SSSR count). The first kappa shape index (κ1) is 22.9. The number of nitrogens with one attached hydrogen (secondary N) is 1. The Kier molecular flexibility index (Phi) is 7.76. The van der Waals surface area contributed by atoms with Crippen LogP contribution in [0.3, 0.4) is 0 Å². The highest BCUT2D eigenvalue weighted by Gasteiger charge is 2.32. The zero-order valence-electron chi connectivity index (χ0n) is 15.0. The lowest BCUT2D eigenvalue weighted by Gasteiger charge is -2.22. The van der Waals surface area contributed by atoms with Crippen LogP contribution in [0.15, 0.2) is 18.2 Å². The van der Waals surface area contributed by atoms with Gasteiger partial charge in [0.15, 0.2) is 12.0 Å². The Bertz CT molecular complexity index is 676. The maximum atomic E-state index is 14.1. The number of rotatable bonds is 6. The summed E-state index contributed by atoms with van der Waals surface area (Å²) in [6, 6.07) is 1.75. The fourth-order valence-electron chi connectivity index (χ4n) is 1.85. The van der Waals surface area contributed by atoms with Crippen LogP contribution in [0.5, 0.6) is 5.75 Å². The van der Waals surface area contributed by atoms with Gasteiger partial charge in [-0.1, -0.05) is 6.07 Å². The van der Waals surface area contributed by atoms with E-state index in [2.05, 4.69) is 14.2 Å². The molecule has 0 bridgehead atoms. The summed E-state index contributed by atoms with van der Waals surface area (Å²) < 4.78 is 64.4. The van der Waals surface area contributed by atoms with Crippen LogP contribution in [0.25, 0.3) is 0 Å². The fraction of sp³-hybridized carbons (Fsp3) is 0.500. The van der Waals surface area contributed by atoms with E-state index in [0.717, 1.165) is 25.3 Å². The second-order valence-corrected chi connectivity index (χ2v) is 7.09. The minimum Gasteiger partial charge on any atom is -0.467 e. The van der Waals surface area contributed by atoms with E-state index in [-0.39, 0.29) is 17.7 Å². The Morgan fingerprint density at radius 3 is 2.33 bits per heavy atom. The molecular weight excluding hydrogens is 394 g/mol. The molecule has 1 unspecified atom stereocenters. The smallest absolute Gasteiger partial charge is 0.467 e. The van der Waals surface area contributed by atoms with Crippen molar-refractivity contribution >= 4 is 24.1 Å². The third-order valence-electron chi connectivity index (χ3n) is 2.86. The summed E-state index contributed by atoms with van der Waals surface area (Å²) in [4.78, 5) is 23.7. The van der Waals surface area contributed by atoms with Crippen LogP contribution in [-0.4, -0.2) is 36.3 Å². The maximum Gasteiger partial charge on any atom is 0.479 e. The lowest BCUT2D eigenvalue weighted by atomic mass is 10.1. The molecule has 27 heavy (non-hydrogen) atoms. The molecule has 0 aliphatic heterocycles. The summed E-state index contributed by atoms with van der Waals surface area (Å²) in [7, 11) is 1.09. The highest BCUT2D eigenvalue weighted by atomic mass is 32.2. The third-order valence-corrected chi connectivity index (χ3v) is 3.32. The van der Waals surface area contributed by atoms with E-state index in [1.54, 1.807) is 20.8 Å². The highest BCUT2D eigenvalue weighted by molar-refractivity contribution is 7.95. The van der Waals surface area contributed by atoms with Crippen LogP contribution in [0.4, 0.5) is 22.4 Å². The molecule has 0 aromatic heterocycles. The summed E-state index contributed by atoms with van der Waals surface area (Å²) in [5.74, 6) is -2.10. The number of methoxy groups -OCH3 is 1. The van der Waals surface area contributed by atoms with Crippen molar-refractivity contribution < 1.29 is 40.8 Å². The Morgan fingerprint density at radius 1 is 1.22 bits per heavy atom. The van der Waals surface area contributed by atoms with Gasteiger partial charge in [-0.2, -0.15) is 13.2 Å². The molecule has 152 valence electrons. The molecule has 11 heteroatoms. The molecule has 1 aromatic rings. The molecule has 1 atom stereocenters. The molecule has 0 aliphatic rings. The number of halogens is 4. The number of alkyl carbamates (subject to hydrolysis) is 1. The van der Waals surface area contributed by atoms with Crippen molar-refractivity contribution in [3.63, 3.8) is 0 Å². The van der Waals surface area contributed by atoms with Crippen LogP contribution in [-0.2, 0) is 20.7 Å². The molecule has 6 nitrogen and oxygen atoms in total. The van der Waals surface area contributed by atoms with Crippen LogP contribution in [0.1, 0.15) is 26.3 Å². The van der Waals surface area contributed by atoms with Gasteiger partial charge >= 0.3 is 17.6 Å². The Labute approximate surface area is 157 Å². The maximum absolute atomic E-state index is 14.1. The van der Waals surface area contributed by atoms with Crippen LogP contribution < -0.4 is 9.50 Å². The second-order valence-electron chi connectivity index (χ2n) is 6.29. The first-order chi connectivity index (χ1) is 12.3. The normalized spacial score (nSPS) is 12.9. The molecule has 0 heterocycles. The van der Waals surface area contributed by atoms with Crippen molar-refractivity contribution in [3.8, 4) is 5.75 Å². The van der Waals surface area contributed by atoms with E-state index in [0.29, 0.717) is 0 Å². The van der Waals surface area contributed by atoms with Gasteiger partial charge in [0.1, 0.15) is 23.2 Å². The van der Waals surface area contributed by atoms with E-state index in [9.17, 15) is 27.2 Å². The molecule has 0 aliphatic carbocycles. The monoisotopic (exact) mass is 413 g/mol. The lowest BCUT2D eigenvalue weighted by molar-refractivity contribution is -0.143. The summed E-state index contributed by atoms with van der Waals surface area (Å²) in [5, 5.41) is 2.27. The predicted molar refractivity (Wildman–Crippen MR) is 89.6 cm³/mol. The molecule has 0 saturated heterocycles. The van der Waals surface area contributed by atoms with E-state index < -0.39 is 47.1 Å². The number of alkyl halides is 3. The Morgan fingerprint density at radius 2 is 1.85 bits per heavy atom. The minimum atomic E-state index is -4.64. The summed E-state index contributed by atoms with van der Waals surface area (Å²) >= 11 is -0.777. The van der Waals surface area contributed by atoms with Gasteiger partial charge in [-0.15, -0.1) is 0 Å². The lowest BCUT2D eigenvalue weighted by Crippen LogP contribution is -2.45. The SMILES string of the molecule is COC(=O)C(Cc1ccc(OSC(F)(F)F)cc1F)NC(=O)OC(C)(C)C. The molecule has 0 saturated carbocycles. The first-order valence-corrected chi connectivity index (χ1v) is 8.33. The molecule has 1 N–H and O–H groups in total. The average molecular weight is 413 g/mol. The number of carbonyl (C=O) groups excluding carboxylic acids is 2. The minimum absolute atomic E-state index is 0.0363. The first-order valence-electron chi connectivity index (χ1n) is 7.59. The molecule has 1 amide bonds. The Hall–Kier alpha value is -2.17.